The smallest absolute Gasteiger partial charge is 0.211 e. The quantitative estimate of drug-likeness (QED) is 0.520. The average molecular weight is 357 g/mol. The molecular weight excluding hydrogens is 338 g/mol. The first kappa shape index (κ1) is 17.0. The predicted octanol–water partition coefficient (Wildman–Crippen LogP) is 3.20. The molecule has 6 nitrogen and oxygen atoms in total. The molecule has 0 aliphatic carbocycles. The van der Waals surface area contributed by atoms with E-state index in [4.69, 9.17) is 14.2 Å². The van der Waals surface area contributed by atoms with E-state index in [9.17, 15) is 0 Å². The molecule has 7 heteroatoms. The third kappa shape index (κ3) is 3.36. The normalized spacial score (nSPS) is 12.1. The van der Waals surface area contributed by atoms with Crippen LogP contribution in [0.5, 0.6) is 17.2 Å². The molecule has 1 aromatic heterocycles. The van der Waals surface area contributed by atoms with Crippen LogP contribution in [0.25, 0.3) is 10.2 Å². The lowest BCUT2D eigenvalue weighted by Gasteiger charge is -2.12. The van der Waals surface area contributed by atoms with Crippen LogP contribution in [0, 0.1) is 0 Å². The molecular formula is C18H19N3O3S. The van der Waals surface area contributed by atoms with Gasteiger partial charge in [-0.3, -0.25) is 0 Å². The third-order valence-electron chi connectivity index (χ3n) is 3.75. The van der Waals surface area contributed by atoms with Crippen LogP contribution >= 0.6 is 11.3 Å². The molecule has 3 aromatic rings. The summed E-state index contributed by atoms with van der Waals surface area (Å²) in [6.45, 7) is 0. The van der Waals surface area contributed by atoms with Crippen molar-refractivity contribution in [1.82, 2.24) is 4.57 Å². The number of thiazole rings is 1. The number of nitrogens with zero attached hydrogens (tertiary/aromatic N) is 3. The first-order valence-electron chi connectivity index (χ1n) is 7.59. The maximum atomic E-state index is 5.34. The minimum atomic E-state index is 0.551. The summed E-state index contributed by atoms with van der Waals surface area (Å²) in [5.74, 6) is 1.71. The summed E-state index contributed by atoms with van der Waals surface area (Å²) in [7, 11) is 6.72. The van der Waals surface area contributed by atoms with Crippen molar-refractivity contribution in [3.05, 3.63) is 46.8 Å². The predicted molar refractivity (Wildman–Crippen MR) is 100 cm³/mol. The highest BCUT2D eigenvalue weighted by atomic mass is 32.1. The van der Waals surface area contributed by atoms with Crippen LogP contribution in [0.2, 0.25) is 0 Å². The minimum absolute atomic E-state index is 0.551. The second-order valence-electron chi connectivity index (χ2n) is 5.21. The van der Waals surface area contributed by atoms with E-state index in [0.717, 1.165) is 15.9 Å². The van der Waals surface area contributed by atoms with Gasteiger partial charge in [0.1, 0.15) is 0 Å². The zero-order chi connectivity index (χ0) is 17.8. The number of rotatable bonds is 5. The molecule has 0 saturated carbocycles. The van der Waals surface area contributed by atoms with Gasteiger partial charge in [0.2, 0.25) is 10.6 Å². The van der Waals surface area contributed by atoms with Crippen LogP contribution < -0.4 is 19.0 Å². The Hall–Kier alpha value is -2.80. The summed E-state index contributed by atoms with van der Waals surface area (Å²) >= 11 is 1.59. The molecule has 3 rings (SSSR count). The topological polar surface area (TPSA) is 57.3 Å². The monoisotopic (exact) mass is 357 g/mol. The Morgan fingerprint density at radius 1 is 1.00 bits per heavy atom. The Kier molecular flexibility index (Phi) is 5.04. The third-order valence-corrected chi connectivity index (χ3v) is 4.86. The second kappa shape index (κ2) is 7.40. The zero-order valence-electron chi connectivity index (χ0n) is 14.5. The lowest BCUT2D eigenvalue weighted by atomic mass is 10.2. The molecule has 0 radical (unpaired) electrons. The molecule has 25 heavy (non-hydrogen) atoms. The van der Waals surface area contributed by atoms with Crippen molar-refractivity contribution >= 4 is 27.8 Å². The molecule has 0 N–H and O–H groups in total. The summed E-state index contributed by atoms with van der Waals surface area (Å²) in [5, 5.41) is 8.54. The van der Waals surface area contributed by atoms with Crippen molar-refractivity contribution in [2.45, 2.75) is 0 Å². The van der Waals surface area contributed by atoms with E-state index in [-0.39, 0.29) is 0 Å². The van der Waals surface area contributed by atoms with Gasteiger partial charge in [-0.15, -0.1) is 5.10 Å². The molecule has 0 saturated heterocycles. The molecule has 0 amide bonds. The number of benzene rings is 2. The van der Waals surface area contributed by atoms with Gasteiger partial charge in [0.15, 0.2) is 11.5 Å². The van der Waals surface area contributed by atoms with Gasteiger partial charge < -0.3 is 18.8 Å². The number of ether oxygens (including phenoxy) is 3. The molecule has 0 atom stereocenters. The highest BCUT2D eigenvalue weighted by molar-refractivity contribution is 7.16. The number of aryl methyl sites for hydroxylation is 1. The van der Waals surface area contributed by atoms with Crippen LogP contribution in [0.1, 0.15) is 5.56 Å². The lowest BCUT2D eigenvalue weighted by molar-refractivity contribution is 0.324. The van der Waals surface area contributed by atoms with Crippen molar-refractivity contribution in [3.8, 4) is 17.2 Å². The summed E-state index contributed by atoms with van der Waals surface area (Å²) in [6, 6.07) is 11.8. The SMILES string of the molecule is COc1cc(C=NN=c2sc3ccccc3n2C)cc(OC)c1OC. The van der Waals surface area contributed by atoms with Crippen molar-refractivity contribution < 1.29 is 14.2 Å². The summed E-state index contributed by atoms with van der Waals surface area (Å²) < 4.78 is 19.2. The fourth-order valence-corrected chi connectivity index (χ4v) is 3.47. The van der Waals surface area contributed by atoms with Gasteiger partial charge in [-0.1, -0.05) is 23.5 Å². The Labute approximate surface area is 149 Å². The van der Waals surface area contributed by atoms with Crippen LogP contribution in [0.3, 0.4) is 0 Å². The van der Waals surface area contributed by atoms with E-state index < -0.39 is 0 Å². The minimum Gasteiger partial charge on any atom is -0.493 e. The van der Waals surface area contributed by atoms with Crippen LogP contribution in [-0.4, -0.2) is 32.1 Å². The van der Waals surface area contributed by atoms with Crippen molar-refractivity contribution in [1.29, 1.82) is 0 Å². The summed E-state index contributed by atoms with van der Waals surface area (Å²) in [4.78, 5) is 0.824. The average Bonchev–Trinajstić information content (AvgIpc) is 2.97. The number of fused-ring (bicyclic) bond motifs is 1. The second-order valence-corrected chi connectivity index (χ2v) is 6.22. The van der Waals surface area contributed by atoms with E-state index in [0.29, 0.717) is 17.2 Å². The van der Waals surface area contributed by atoms with E-state index in [1.165, 1.54) is 4.70 Å². The Balaban J connectivity index is 1.97. The Morgan fingerprint density at radius 3 is 2.28 bits per heavy atom. The molecule has 0 spiro atoms. The molecule has 130 valence electrons. The van der Waals surface area contributed by atoms with E-state index >= 15 is 0 Å². The van der Waals surface area contributed by atoms with Gasteiger partial charge in [-0.2, -0.15) is 5.10 Å². The molecule has 0 fully saturated rings. The number of hydrogen-bond acceptors (Lipinski definition) is 6. The number of para-hydroxylation sites is 1. The van der Waals surface area contributed by atoms with Gasteiger partial charge in [-0.05, 0) is 24.3 Å². The van der Waals surface area contributed by atoms with Gasteiger partial charge in [-0.25, -0.2) is 0 Å². The molecule has 2 aromatic carbocycles. The zero-order valence-corrected chi connectivity index (χ0v) is 15.3. The maximum Gasteiger partial charge on any atom is 0.211 e. The van der Waals surface area contributed by atoms with Gasteiger partial charge >= 0.3 is 0 Å². The fraction of sp³-hybridized carbons (Fsp3) is 0.222. The highest BCUT2D eigenvalue weighted by Crippen LogP contribution is 2.37. The van der Waals surface area contributed by atoms with Crippen molar-refractivity contribution in [3.63, 3.8) is 0 Å². The molecule has 0 aliphatic heterocycles. The van der Waals surface area contributed by atoms with E-state index in [2.05, 4.69) is 22.3 Å². The fourth-order valence-electron chi connectivity index (χ4n) is 2.50. The standard InChI is InChI=1S/C18H19N3O3S/c1-21-13-7-5-6-8-16(13)25-18(21)20-19-11-12-9-14(22-2)17(24-4)15(10-12)23-3/h5-11H,1-4H3. The van der Waals surface area contributed by atoms with Gasteiger partial charge in [0, 0.05) is 12.6 Å². The van der Waals surface area contributed by atoms with Gasteiger partial charge in [0.25, 0.3) is 0 Å². The van der Waals surface area contributed by atoms with Crippen molar-refractivity contribution in [2.24, 2.45) is 17.3 Å². The summed E-state index contributed by atoms with van der Waals surface area (Å²) in [5.41, 5.74) is 1.94. The Morgan fingerprint density at radius 2 is 1.68 bits per heavy atom. The van der Waals surface area contributed by atoms with Crippen LogP contribution in [-0.2, 0) is 7.05 Å². The lowest BCUT2D eigenvalue weighted by Crippen LogP contribution is -2.08. The van der Waals surface area contributed by atoms with Crippen LogP contribution in [0.4, 0.5) is 0 Å². The van der Waals surface area contributed by atoms with E-state index in [1.807, 2.05) is 35.9 Å². The number of aromatic nitrogens is 1. The number of hydrogen-bond donors (Lipinski definition) is 0. The number of methoxy groups -OCH3 is 3. The van der Waals surface area contributed by atoms with Crippen LogP contribution in [0.15, 0.2) is 46.6 Å². The maximum absolute atomic E-state index is 5.34. The molecule has 1 heterocycles. The molecule has 0 unspecified atom stereocenters. The van der Waals surface area contributed by atoms with Crippen molar-refractivity contribution in [2.75, 3.05) is 21.3 Å². The first-order chi connectivity index (χ1) is 12.2. The van der Waals surface area contributed by atoms with Gasteiger partial charge in [0.05, 0.1) is 37.8 Å². The molecule has 0 aliphatic rings. The van der Waals surface area contributed by atoms with E-state index in [1.54, 1.807) is 38.9 Å². The summed E-state index contributed by atoms with van der Waals surface area (Å²) in [6.07, 6.45) is 1.66. The largest absolute Gasteiger partial charge is 0.493 e. The first-order valence-corrected chi connectivity index (χ1v) is 8.41. The highest BCUT2D eigenvalue weighted by Gasteiger charge is 2.12. The Bertz CT molecular complexity index is 964. The molecule has 0 bridgehead atoms.